The first-order chi connectivity index (χ1) is 13.4. The molecule has 2 atom stereocenters. The fourth-order valence-corrected chi connectivity index (χ4v) is 5.43. The summed E-state index contributed by atoms with van der Waals surface area (Å²) >= 11 is 0. The van der Waals surface area contributed by atoms with Gasteiger partial charge in [0, 0.05) is 24.3 Å². The molecular weight excluding hydrogens is 382 g/mol. The van der Waals surface area contributed by atoms with Gasteiger partial charge in [-0.1, -0.05) is 6.07 Å². The number of rotatable bonds is 2. The van der Waals surface area contributed by atoms with Gasteiger partial charge in [-0.2, -0.15) is 0 Å². The second kappa shape index (κ2) is 7.96. The van der Waals surface area contributed by atoms with Gasteiger partial charge in [0.2, 0.25) is 15.9 Å². The van der Waals surface area contributed by atoms with Crippen molar-refractivity contribution in [3.63, 3.8) is 0 Å². The van der Waals surface area contributed by atoms with Crippen molar-refractivity contribution in [3.8, 4) is 5.88 Å². The van der Waals surface area contributed by atoms with Crippen LogP contribution in [0.2, 0.25) is 0 Å². The molecule has 0 unspecified atom stereocenters. The van der Waals surface area contributed by atoms with Gasteiger partial charge in [-0.05, 0) is 44.1 Å². The smallest absolute Gasteiger partial charge is 0.260 e. The summed E-state index contributed by atoms with van der Waals surface area (Å²) in [6.07, 6.45) is 7.36. The SMILES string of the molecule is CS(=O)(=O)N[C@H]1CCN2C(=O)COc3ncccc3C3CCC(CC3)OC[C@@H]12. The van der Waals surface area contributed by atoms with Crippen LogP contribution in [-0.2, 0) is 19.6 Å². The predicted octanol–water partition coefficient (Wildman–Crippen LogP) is 1.04. The molecule has 0 aromatic carbocycles. The van der Waals surface area contributed by atoms with Gasteiger partial charge in [0.1, 0.15) is 0 Å². The number of pyridine rings is 1. The van der Waals surface area contributed by atoms with E-state index in [1.165, 1.54) is 0 Å². The number of hydrogen-bond donors (Lipinski definition) is 1. The number of nitrogens with one attached hydrogen (secondary N) is 1. The quantitative estimate of drug-likeness (QED) is 0.784. The Morgan fingerprint density at radius 3 is 2.75 bits per heavy atom. The summed E-state index contributed by atoms with van der Waals surface area (Å²) < 4.78 is 38.1. The first kappa shape index (κ1) is 19.6. The highest BCUT2D eigenvalue weighted by Gasteiger charge is 2.40. The van der Waals surface area contributed by atoms with Crippen molar-refractivity contribution in [1.29, 1.82) is 0 Å². The van der Waals surface area contributed by atoms with Crippen LogP contribution in [0.15, 0.2) is 18.3 Å². The zero-order valence-electron chi connectivity index (χ0n) is 16.0. The van der Waals surface area contributed by atoms with Crippen LogP contribution < -0.4 is 9.46 Å². The van der Waals surface area contributed by atoms with E-state index in [1.54, 1.807) is 11.1 Å². The molecule has 154 valence electrons. The number of carbonyl (C=O) groups excluding carboxylic acids is 1. The Morgan fingerprint density at radius 1 is 1.21 bits per heavy atom. The van der Waals surface area contributed by atoms with Crippen molar-refractivity contribution in [2.24, 2.45) is 0 Å². The van der Waals surface area contributed by atoms with E-state index < -0.39 is 10.0 Å². The lowest BCUT2D eigenvalue weighted by molar-refractivity contribution is -0.136. The first-order valence-corrected chi connectivity index (χ1v) is 11.8. The van der Waals surface area contributed by atoms with Gasteiger partial charge in [0.05, 0.1) is 25.0 Å². The number of nitrogens with zero attached hydrogens (tertiary/aromatic N) is 2. The van der Waals surface area contributed by atoms with Crippen LogP contribution in [0.3, 0.4) is 0 Å². The van der Waals surface area contributed by atoms with E-state index in [1.807, 2.05) is 12.1 Å². The van der Waals surface area contributed by atoms with Gasteiger partial charge >= 0.3 is 0 Å². The summed E-state index contributed by atoms with van der Waals surface area (Å²) in [4.78, 5) is 18.9. The third-order valence-corrected chi connectivity index (χ3v) is 6.71. The van der Waals surface area contributed by atoms with Gasteiger partial charge in [-0.25, -0.2) is 18.1 Å². The molecule has 4 aliphatic rings. The molecule has 3 aliphatic heterocycles. The number of ether oxygens (including phenoxy) is 2. The Labute approximate surface area is 165 Å². The van der Waals surface area contributed by atoms with E-state index in [-0.39, 0.29) is 30.7 Å². The van der Waals surface area contributed by atoms with Crippen molar-refractivity contribution in [2.45, 2.75) is 56.2 Å². The molecule has 1 N–H and O–H groups in total. The van der Waals surface area contributed by atoms with E-state index in [2.05, 4.69) is 9.71 Å². The molecule has 9 heteroatoms. The second-order valence-electron chi connectivity index (χ2n) is 7.93. The fourth-order valence-electron chi connectivity index (χ4n) is 4.60. The number of aromatic nitrogens is 1. The summed E-state index contributed by atoms with van der Waals surface area (Å²) in [6.45, 7) is 0.702. The van der Waals surface area contributed by atoms with Crippen molar-refractivity contribution in [2.75, 3.05) is 26.0 Å². The molecule has 28 heavy (non-hydrogen) atoms. The van der Waals surface area contributed by atoms with Crippen LogP contribution in [0.4, 0.5) is 0 Å². The van der Waals surface area contributed by atoms with Gasteiger partial charge < -0.3 is 14.4 Å². The fraction of sp³-hybridized carbons (Fsp3) is 0.684. The van der Waals surface area contributed by atoms with Gasteiger partial charge in [-0.3, -0.25) is 4.79 Å². The highest BCUT2D eigenvalue weighted by molar-refractivity contribution is 7.88. The maximum Gasteiger partial charge on any atom is 0.260 e. The third-order valence-electron chi connectivity index (χ3n) is 5.98. The van der Waals surface area contributed by atoms with Crippen LogP contribution in [-0.4, -0.2) is 68.4 Å². The van der Waals surface area contributed by atoms with Crippen molar-refractivity contribution < 1.29 is 22.7 Å². The minimum absolute atomic E-state index is 0.109. The van der Waals surface area contributed by atoms with E-state index >= 15 is 0 Å². The highest BCUT2D eigenvalue weighted by Crippen LogP contribution is 2.38. The molecule has 8 nitrogen and oxygen atoms in total. The minimum Gasteiger partial charge on any atom is -0.467 e. The largest absolute Gasteiger partial charge is 0.467 e. The van der Waals surface area contributed by atoms with Gasteiger partial charge in [-0.15, -0.1) is 0 Å². The summed E-state index contributed by atoms with van der Waals surface area (Å²) in [7, 11) is -3.37. The first-order valence-electron chi connectivity index (χ1n) is 9.87. The number of fused-ring (bicyclic) bond motifs is 5. The average Bonchev–Trinajstić information content (AvgIpc) is 3.05. The van der Waals surface area contributed by atoms with Gasteiger partial charge in [0.15, 0.2) is 6.61 Å². The second-order valence-corrected chi connectivity index (χ2v) is 9.71. The Hall–Kier alpha value is -1.71. The van der Waals surface area contributed by atoms with E-state index in [0.29, 0.717) is 31.4 Å². The normalized spacial score (nSPS) is 31.2. The zero-order valence-corrected chi connectivity index (χ0v) is 16.9. The summed E-state index contributed by atoms with van der Waals surface area (Å²) in [6, 6.07) is 3.27. The molecule has 2 bridgehead atoms. The van der Waals surface area contributed by atoms with Crippen LogP contribution in [0, 0.1) is 0 Å². The maximum atomic E-state index is 12.8. The summed E-state index contributed by atoms with van der Waals surface area (Å²) in [5.41, 5.74) is 1.06. The molecule has 0 radical (unpaired) electrons. The number of carbonyl (C=O) groups is 1. The van der Waals surface area contributed by atoms with E-state index in [4.69, 9.17) is 9.47 Å². The monoisotopic (exact) mass is 409 g/mol. The minimum atomic E-state index is -3.37. The lowest BCUT2D eigenvalue weighted by atomic mass is 9.83. The standard InChI is InChI=1S/C19H27N3O5S/c1-28(24,25)21-16-8-10-22-17(16)11-26-14-6-4-13(5-7-14)15-3-2-9-20-19(15)27-12-18(22)23/h2-3,9,13-14,16-17,21H,4-8,10-12H2,1H3/t13?,14?,16-,17-/m0/s1. The summed E-state index contributed by atoms with van der Waals surface area (Å²) in [5, 5.41) is 0. The maximum absolute atomic E-state index is 12.8. The lowest BCUT2D eigenvalue weighted by Crippen LogP contribution is -2.50. The van der Waals surface area contributed by atoms with E-state index in [9.17, 15) is 13.2 Å². The number of amides is 1. The Balaban J connectivity index is 1.59. The van der Waals surface area contributed by atoms with Crippen LogP contribution in [0.5, 0.6) is 5.88 Å². The molecule has 4 heterocycles. The van der Waals surface area contributed by atoms with Gasteiger partial charge in [0.25, 0.3) is 5.91 Å². The molecule has 1 saturated carbocycles. The Bertz CT molecular complexity index is 823. The molecule has 1 aromatic heterocycles. The molecule has 5 rings (SSSR count). The van der Waals surface area contributed by atoms with Crippen molar-refractivity contribution in [1.82, 2.24) is 14.6 Å². The molecule has 1 aliphatic carbocycles. The molecule has 1 amide bonds. The topological polar surface area (TPSA) is 97.8 Å². The predicted molar refractivity (Wildman–Crippen MR) is 103 cm³/mol. The van der Waals surface area contributed by atoms with Crippen molar-refractivity contribution in [3.05, 3.63) is 23.9 Å². The molecular formula is C19H27N3O5S. The Kier molecular flexibility index (Phi) is 5.57. The van der Waals surface area contributed by atoms with Crippen LogP contribution in [0.1, 0.15) is 43.6 Å². The third kappa shape index (κ3) is 4.31. The van der Waals surface area contributed by atoms with Crippen molar-refractivity contribution >= 4 is 15.9 Å². The molecule has 2 fully saturated rings. The zero-order chi connectivity index (χ0) is 19.7. The average molecular weight is 410 g/mol. The Morgan fingerprint density at radius 2 is 2.00 bits per heavy atom. The van der Waals surface area contributed by atoms with Crippen LogP contribution >= 0.6 is 0 Å². The molecule has 1 saturated heterocycles. The van der Waals surface area contributed by atoms with Crippen LogP contribution in [0.25, 0.3) is 0 Å². The lowest BCUT2D eigenvalue weighted by Gasteiger charge is -2.32. The highest BCUT2D eigenvalue weighted by atomic mass is 32.2. The summed E-state index contributed by atoms with van der Waals surface area (Å²) in [5.74, 6) is 0.717. The number of hydrogen-bond acceptors (Lipinski definition) is 6. The molecule has 0 spiro atoms. The van der Waals surface area contributed by atoms with E-state index in [0.717, 1.165) is 37.5 Å². The molecule has 1 aromatic rings. The number of sulfonamides is 1.